The zero-order valence-electron chi connectivity index (χ0n) is 14.6. The number of hydrogen-bond acceptors (Lipinski definition) is 5. The van der Waals surface area contributed by atoms with Gasteiger partial charge in [-0.1, -0.05) is 30.3 Å². The molecule has 2 aromatic rings. The van der Waals surface area contributed by atoms with Gasteiger partial charge in [0.2, 0.25) is 5.91 Å². The molecule has 5 nitrogen and oxygen atoms in total. The van der Waals surface area contributed by atoms with Gasteiger partial charge in [-0.05, 0) is 30.2 Å². The smallest absolute Gasteiger partial charge is 0.250 e. The van der Waals surface area contributed by atoms with E-state index in [1.165, 1.54) is 11.1 Å². The monoisotopic (exact) mass is 358 g/mol. The molecule has 0 aliphatic heterocycles. The third-order valence-corrected chi connectivity index (χ3v) is 4.56. The average molecular weight is 358 g/mol. The quantitative estimate of drug-likeness (QED) is 0.580. The average Bonchev–Trinajstić information content (AvgIpc) is 2.63. The van der Waals surface area contributed by atoms with Crippen molar-refractivity contribution in [3.63, 3.8) is 0 Å². The van der Waals surface area contributed by atoms with E-state index in [1.807, 2.05) is 24.3 Å². The number of aryl methyl sites for hydroxylation is 1. The second kappa shape index (κ2) is 9.74. The lowest BCUT2D eigenvalue weighted by Gasteiger charge is -2.09. The van der Waals surface area contributed by atoms with Crippen molar-refractivity contribution < 1.29 is 14.3 Å². The van der Waals surface area contributed by atoms with Gasteiger partial charge in [0.25, 0.3) is 0 Å². The van der Waals surface area contributed by atoms with Gasteiger partial charge in [-0.2, -0.15) is 5.10 Å². The van der Waals surface area contributed by atoms with Crippen LogP contribution in [-0.2, 0) is 10.5 Å². The van der Waals surface area contributed by atoms with Crippen molar-refractivity contribution in [1.82, 2.24) is 5.43 Å². The minimum absolute atomic E-state index is 0.142. The normalized spacial score (nSPS) is 10.7. The zero-order valence-corrected chi connectivity index (χ0v) is 15.4. The Hall–Kier alpha value is -2.47. The fourth-order valence-corrected chi connectivity index (χ4v) is 3.14. The molecule has 0 atom stereocenters. The summed E-state index contributed by atoms with van der Waals surface area (Å²) in [6, 6.07) is 13.6. The number of ether oxygens (including phenoxy) is 2. The molecule has 1 amide bonds. The Kier molecular flexibility index (Phi) is 7.35. The maximum Gasteiger partial charge on any atom is 0.250 e. The first-order valence-corrected chi connectivity index (χ1v) is 8.96. The van der Waals surface area contributed by atoms with Gasteiger partial charge >= 0.3 is 0 Å². The number of hydrazone groups is 1. The van der Waals surface area contributed by atoms with E-state index in [2.05, 4.69) is 29.6 Å². The van der Waals surface area contributed by atoms with Crippen LogP contribution < -0.4 is 14.9 Å². The summed E-state index contributed by atoms with van der Waals surface area (Å²) < 4.78 is 10.5. The maximum absolute atomic E-state index is 11.9. The molecule has 6 heteroatoms. The summed E-state index contributed by atoms with van der Waals surface area (Å²) in [7, 11) is 3.14. The molecule has 0 spiro atoms. The van der Waals surface area contributed by atoms with Crippen LogP contribution in [0.15, 0.2) is 47.6 Å². The van der Waals surface area contributed by atoms with Crippen LogP contribution >= 0.6 is 11.8 Å². The van der Waals surface area contributed by atoms with E-state index < -0.39 is 0 Å². The molecule has 0 bridgehead atoms. The van der Waals surface area contributed by atoms with Gasteiger partial charge in [-0.15, -0.1) is 11.8 Å². The molecule has 2 rings (SSSR count). The van der Waals surface area contributed by atoms with Crippen LogP contribution in [0, 0.1) is 6.92 Å². The van der Waals surface area contributed by atoms with E-state index in [0.717, 1.165) is 11.3 Å². The standard InChI is InChI=1S/C19H22N2O3S/c1-14-7-4-5-8-16(14)12-25-13-18(22)21-20-11-15-9-6-10-17(23-2)19(15)24-3/h4-11H,12-13H2,1-3H3,(H,21,22). The van der Waals surface area contributed by atoms with Crippen LogP contribution in [-0.4, -0.2) is 32.1 Å². The first-order valence-electron chi connectivity index (χ1n) is 7.81. The molecule has 0 saturated carbocycles. The number of methoxy groups -OCH3 is 2. The van der Waals surface area contributed by atoms with E-state index in [-0.39, 0.29) is 5.91 Å². The molecule has 0 fully saturated rings. The summed E-state index contributed by atoms with van der Waals surface area (Å²) in [5.41, 5.74) is 5.74. The maximum atomic E-state index is 11.9. The summed E-state index contributed by atoms with van der Waals surface area (Å²) in [6.45, 7) is 2.07. The minimum atomic E-state index is -0.142. The number of hydrogen-bond donors (Lipinski definition) is 1. The summed E-state index contributed by atoms with van der Waals surface area (Å²) in [5.74, 6) is 2.20. The highest BCUT2D eigenvalue weighted by molar-refractivity contribution is 7.99. The highest BCUT2D eigenvalue weighted by Gasteiger charge is 2.07. The van der Waals surface area contributed by atoms with Gasteiger partial charge in [-0.3, -0.25) is 4.79 Å². The number of amides is 1. The Morgan fingerprint density at radius 3 is 2.68 bits per heavy atom. The van der Waals surface area contributed by atoms with Gasteiger partial charge in [0.1, 0.15) is 0 Å². The van der Waals surface area contributed by atoms with Crippen LogP contribution in [0.1, 0.15) is 16.7 Å². The van der Waals surface area contributed by atoms with Crippen LogP contribution in [0.5, 0.6) is 11.5 Å². The van der Waals surface area contributed by atoms with Gasteiger partial charge in [-0.25, -0.2) is 5.43 Å². The summed E-state index contributed by atoms with van der Waals surface area (Å²) in [6.07, 6.45) is 1.55. The molecule has 1 N–H and O–H groups in total. The lowest BCUT2D eigenvalue weighted by atomic mass is 10.1. The van der Waals surface area contributed by atoms with Gasteiger partial charge in [0, 0.05) is 11.3 Å². The largest absolute Gasteiger partial charge is 0.493 e. The molecule has 25 heavy (non-hydrogen) atoms. The lowest BCUT2D eigenvalue weighted by Crippen LogP contribution is -2.19. The van der Waals surface area contributed by atoms with E-state index >= 15 is 0 Å². The first-order chi connectivity index (χ1) is 12.2. The Morgan fingerprint density at radius 2 is 1.96 bits per heavy atom. The third-order valence-electron chi connectivity index (χ3n) is 3.58. The Labute approximate surface area is 152 Å². The molecule has 0 aliphatic carbocycles. The van der Waals surface area contributed by atoms with Crippen LogP contribution in [0.3, 0.4) is 0 Å². The number of carbonyl (C=O) groups is 1. The minimum Gasteiger partial charge on any atom is -0.493 e. The summed E-state index contributed by atoms with van der Waals surface area (Å²) >= 11 is 1.56. The molecular formula is C19H22N2O3S. The number of benzene rings is 2. The Morgan fingerprint density at radius 1 is 1.16 bits per heavy atom. The summed E-state index contributed by atoms with van der Waals surface area (Å²) in [4.78, 5) is 11.9. The van der Waals surface area contributed by atoms with Crippen LogP contribution in [0.4, 0.5) is 0 Å². The molecule has 0 aromatic heterocycles. The van der Waals surface area contributed by atoms with Crippen LogP contribution in [0.25, 0.3) is 0 Å². The number of para-hydroxylation sites is 1. The van der Waals surface area contributed by atoms with E-state index in [0.29, 0.717) is 17.3 Å². The number of nitrogens with one attached hydrogen (secondary N) is 1. The fourth-order valence-electron chi connectivity index (χ4n) is 2.25. The Bertz CT molecular complexity index is 747. The Balaban J connectivity index is 1.84. The third kappa shape index (κ3) is 5.53. The highest BCUT2D eigenvalue weighted by Crippen LogP contribution is 2.29. The molecule has 0 radical (unpaired) electrons. The number of rotatable bonds is 8. The van der Waals surface area contributed by atoms with E-state index in [4.69, 9.17) is 9.47 Å². The number of thioether (sulfide) groups is 1. The predicted molar refractivity (Wildman–Crippen MR) is 103 cm³/mol. The van der Waals surface area contributed by atoms with Gasteiger partial charge in [0.05, 0.1) is 26.2 Å². The molecular weight excluding hydrogens is 336 g/mol. The van der Waals surface area contributed by atoms with Crippen molar-refractivity contribution >= 4 is 23.9 Å². The van der Waals surface area contributed by atoms with Crippen molar-refractivity contribution in [2.75, 3.05) is 20.0 Å². The molecule has 0 saturated heterocycles. The van der Waals surface area contributed by atoms with Crippen molar-refractivity contribution in [2.45, 2.75) is 12.7 Å². The van der Waals surface area contributed by atoms with E-state index in [1.54, 1.807) is 38.3 Å². The van der Waals surface area contributed by atoms with Crippen molar-refractivity contribution in [1.29, 1.82) is 0 Å². The van der Waals surface area contributed by atoms with E-state index in [9.17, 15) is 4.79 Å². The first kappa shape index (κ1) is 18.9. The highest BCUT2D eigenvalue weighted by atomic mass is 32.2. The fraction of sp³-hybridized carbons (Fsp3) is 0.263. The second-order valence-corrected chi connectivity index (χ2v) is 6.28. The van der Waals surface area contributed by atoms with Crippen molar-refractivity contribution in [3.8, 4) is 11.5 Å². The predicted octanol–water partition coefficient (Wildman–Crippen LogP) is 3.40. The SMILES string of the molecule is COc1cccc(C=NNC(=O)CSCc2ccccc2C)c1OC. The zero-order chi connectivity index (χ0) is 18.1. The van der Waals surface area contributed by atoms with Crippen molar-refractivity contribution in [3.05, 3.63) is 59.2 Å². The number of nitrogens with zero attached hydrogens (tertiary/aromatic N) is 1. The van der Waals surface area contributed by atoms with Gasteiger partial charge in [0.15, 0.2) is 11.5 Å². The molecule has 0 heterocycles. The summed E-state index contributed by atoms with van der Waals surface area (Å²) in [5, 5.41) is 4.00. The lowest BCUT2D eigenvalue weighted by molar-refractivity contribution is -0.118. The van der Waals surface area contributed by atoms with Crippen molar-refractivity contribution in [2.24, 2.45) is 5.10 Å². The number of carbonyl (C=O) groups excluding carboxylic acids is 1. The van der Waals surface area contributed by atoms with Crippen LogP contribution in [0.2, 0.25) is 0 Å². The molecule has 132 valence electrons. The second-order valence-electron chi connectivity index (χ2n) is 5.30. The molecule has 2 aromatic carbocycles. The topological polar surface area (TPSA) is 59.9 Å². The molecule has 0 unspecified atom stereocenters. The van der Waals surface area contributed by atoms with Gasteiger partial charge < -0.3 is 9.47 Å². The molecule has 0 aliphatic rings.